The largest absolute Gasteiger partial charge is 0.370 e. The minimum Gasteiger partial charge on any atom is -0.370 e. The molecule has 0 atom stereocenters. The summed E-state index contributed by atoms with van der Waals surface area (Å²) in [5.41, 5.74) is 5.42. The van der Waals surface area contributed by atoms with E-state index in [0.29, 0.717) is 10.5 Å². The minimum atomic E-state index is -0.444. The molecule has 0 radical (unpaired) electrons. The molecule has 86 valence electrons. The molecule has 0 aliphatic heterocycles. The Morgan fingerprint density at radius 2 is 2.12 bits per heavy atom. The average Bonchev–Trinajstić information content (AvgIpc) is 2.21. The van der Waals surface area contributed by atoms with Gasteiger partial charge in [-0.25, -0.2) is 0 Å². The van der Waals surface area contributed by atoms with Crippen LogP contribution in [-0.4, -0.2) is 18.4 Å². The van der Waals surface area contributed by atoms with Gasteiger partial charge in [-0.2, -0.15) is 0 Å². The van der Waals surface area contributed by atoms with Crippen LogP contribution in [-0.2, 0) is 4.79 Å². The van der Waals surface area contributed by atoms with Crippen LogP contribution in [0.5, 0.6) is 0 Å². The number of nitrogens with one attached hydrogen (secondary N) is 1. The monoisotopic (exact) mass is 302 g/mol. The second kappa shape index (κ2) is 5.91. The highest BCUT2D eigenvalue weighted by molar-refractivity contribution is 9.10. The van der Waals surface area contributed by atoms with Crippen LogP contribution in [0.3, 0.4) is 0 Å². The molecule has 0 spiro atoms. The molecule has 0 aromatic heterocycles. The molecule has 0 bridgehead atoms. The number of carbonyl (C=O) groups excluding carboxylic acids is 2. The summed E-state index contributed by atoms with van der Waals surface area (Å²) in [4.78, 5) is 22.7. The van der Waals surface area contributed by atoms with Crippen LogP contribution in [0.25, 0.3) is 0 Å². The fraction of sp³-hybridized carbons (Fsp3) is 0.200. The highest BCUT2D eigenvalue weighted by atomic mass is 79.9. The number of carbonyl (C=O) groups is 2. The standard InChI is InChI=1S/C10H11BrN2O2S/c11-6-1-2-8(16)7(5-6)10(15)13-4-3-9(12)14/h1-2,5,16H,3-4H2,(H2,12,14)(H,13,15). The van der Waals surface area contributed by atoms with Crippen LogP contribution >= 0.6 is 28.6 Å². The predicted octanol–water partition coefficient (Wildman–Crippen LogP) is 1.34. The molecular weight excluding hydrogens is 292 g/mol. The van der Waals surface area contributed by atoms with Crippen molar-refractivity contribution in [3.8, 4) is 0 Å². The average molecular weight is 303 g/mol. The van der Waals surface area contributed by atoms with Crippen LogP contribution in [0.15, 0.2) is 27.6 Å². The highest BCUT2D eigenvalue weighted by Crippen LogP contribution is 2.19. The first kappa shape index (κ1) is 13.1. The number of benzene rings is 1. The van der Waals surface area contributed by atoms with Crippen molar-refractivity contribution < 1.29 is 9.59 Å². The van der Waals surface area contributed by atoms with E-state index in [2.05, 4.69) is 33.9 Å². The summed E-state index contributed by atoms with van der Waals surface area (Å²) in [5.74, 6) is -0.715. The highest BCUT2D eigenvalue weighted by Gasteiger charge is 2.09. The molecule has 0 fully saturated rings. The SMILES string of the molecule is NC(=O)CCNC(=O)c1cc(Br)ccc1S. The first-order valence-corrected chi connectivity index (χ1v) is 5.79. The zero-order valence-electron chi connectivity index (χ0n) is 8.37. The number of rotatable bonds is 4. The van der Waals surface area contributed by atoms with Crippen molar-refractivity contribution in [1.29, 1.82) is 0 Å². The van der Waals surface area contributed by atoms with Gasteiger partial charge in [0.25, 0.3) is 5.91 Å². The second-order valence-electron chi connectivity index (χ2n) is 3.13. The Kier molecular flexibility index (Phi) is 4.82. The van der Waals surface area contributed by atoms with Gasteiger partial charge in [-0.05, 0) is 18.2 Å². The summed E-state index contributed by atoms with van der Waals surface area (Å²) in [5, 5.41) is 2.59. The molecule has 0 unspecified atom stereocenters. The van der Waals surface area contributed by atoms with Crippen LogP contribution in [0.2, 0.25) is 0 Å². The second-order valence-corrected chi connectivity index (χ2v) is 4.53. The van der Waals surface area contributed by atoms with Crippen LogP contribution in [0.1, 0.15) is 16.8 Å². The topological polar surface area (TPSA) is 72.2 Å². The molecule has 0 aliphatic rings. The Bertz CT molecular complexity index is 423. The van der Waals surface area contributed by atoms with E-state index in [0.717, 1.165) is 4.47 Å². The van der Waals surface area contributed by atoms with Crippen LogP contribution in [0, 0.1) is 0 Å². The van der Waals surface area contributed by atoms with Gasteiger partial charge in [0.05, 0.1) is 5.56 Å². The van der Waals surface area contributed by atoms with E-state index < -0.39 is 5.91 Å². The summed E-state index contributed by atoms with van der Waals surface area (Å²) in [6, 6.07) is 5.18. The maximum Gasteiger partial charge on any atom is 0.252 e. The molecule has 16 heavy (non-hydrogen) atoms. The van der Waals surface area contributed by atoms with E-state index >= 15 is 0 Å². The summed E-state index contributed by atoms with van der Waals surface area (Å²) in [7, 11) is 0. The van der Waals surface area contributed by atoms with E-state index in [1.165, 1.54) is 0 Å². The lowest BCUT2D eigenvalue weighted by atomic mass is 10.2. The van der Waals surface area contributed by atoms with Crippen molar-refractivity contribution >= 4 is 40.4 Å². The molecule has 3 N–H and O–H groups in total. The maximum atomic E-state index is 11.7. The number of primary amides is 1. The number of nitrogens with two attached hydrogens (primary N) is 1. The van der Waals surface area contributed by atoms with Crippen LogP contribution in [0.4, 0.5) is 0 Å². The van der Waals surface area contributed by atoms with Gasteiger partial charge in [-0.15, -0.1) is 12.6 Å². The van der Waals surface area contributed by atoms with Crippen molar-refractivity contribution in [1.82, 2.24) is 5.32 Å². The van der Waals surface area contributed by atoms with Gasteiger partial charge in [-0.1, -0.05) is 15.9 Å². The maximum absolute atomic E-state index is 11.7. The minimum absolute atomic E-state index is 0.127. The number of hydrogen-bond acceptors (Lipinski definition) is 3. The summed E-state index contributed by atoms with van der Waals surface area (Å²) >= 11 is 7.44. The Morgan fingerprint density at radius 3 is 2.75 bits per heavy atom. The predicted molar refractivity (Wildman–Crippen MR) is 67.5 cm³/mol. The molecule has 0 aliphatic carbocycles. The number of amides is 2. The lowest BCUT2D eigenvalue weighted by Gasteiger charge is -2.06. The van der Waals surface area contributed by atoms with Crippen molar-refractivity contribution in [3.63, 3.8) is 0 Å². The van der Waals surface area contributed by atoms with Gasteiger partial charge in [0, 0.05) is 22.3 Å². The summed E-state index contributed by atoms with van der Waals surface area (Å²) in [6.07, 6.45) is 0.127. The third-order valence-electron chi connectivity index (χ3n) is 1.86. The van der Waals surface area contributed by atoms with Crippen LogP contribution < -0.4 is 11.1 Å². The Balaban J connectivity index is 2.65. The molecule has 2 amide bonds. The molecule has 0 saturated heterocycles. The molecule has 6 heteroatoms. The number of hydrogen-bond donors (Lipinski definition) is 3. The molecule has 0 saturated carbocycles. The molecule has 0 heterocycles. The Morgan fingerprint density at radius 1 is 1.44 bits per heavy atom. The van der Waals surface area contributed by atoms with Crippen molar-refractivity contribution in [2.75, 3.05) is 6.54 Å². The lowest BCUT2D eigenvalue weighted by molar-refractivity contribution is -0.117. The van der Waals surface area contributed by atoms with Gasteiger partial charge in [-0.3, -0.25) is 9.59 Å². The van der Waals surface area contributed by atoms with E-state index in [4.69, 9.17) is 5.73 Å². The van der Waals surface area contributed by atoms with Crippen molar-refractivity contribution in [2.45, 2.75) is 11.3 Å². The third kappa shape index (κ3) is 3.86. The molecule has 1 rings (SSSR count). The van der Waals surface area contributed by atoms with Gasteiger partial charge in [0.2, 0.25) is 5.91 Å². The zero-order chi connectivity index (χ0) is 12.1. The normalized spacial score (nSPS) is 9.88. The van der Waals surface area contributed by atoms with Gasteiger partial charge >= 0.3 is 0 Å². The number of halogens is 1. The smallest absolute Gasteiger partial charge is 0.252 e. The van der Waals surface area contributed by atoms with E-state index in [1.807, 2.05) is 0 Å². The van der Waals surface area contributed by atoms with E-state index in [9.17, 15) is 9.59 Å². The Hall–Kier alpha value is -1.01. The number of thiol groups is 1. The molecule has 4 nitrogen and oxygen atoms in total. The summed E-state index contributed by atoms with van der Waals surface area (Å²) < 4.78 is 0.797. The Labute approximate surface area is 107 Å². The van der Waals surface area contributed by atoms with Gasteiger partial charge in [0.1, 0.15) is 0 Å². The molecule has 1 aromatic carbocycles. The van der Waals surface area contributed by atoms with Crippen molar-refractivity contribution in [2.24, 2.45) is 5.73 Å². The quantitative estimate of drug-likeness (QED) is 0.735. The fourth-order valence-corrected chi connectivity index (χ4v) is 1.69. The first-order valence-electron chi connectivity index (χ1n) is 4.55. The first-order chi connectivity index (χ1) is 7.50. The van der Waals surface area contributed by atoms with E-state index in [-0.39, 0.29) is 18.9 Å². The molecule has 1 aromatic rings. The third-order valence-corrected chi connectivity index (χ3v) is 2.74. The lowest BCUT2D eigenvalue weighted by Crippen LogP contribution is -2.28. The van der Waals surface area contributed by atoms with Crippen molar-refractivity contribution in [3.05, 3.63) is 28.2 Å². The summed E-state index contributed by atoms with van der Waals surface area (Å²) in [6.45, 7) is 0.230. The van der Waals surface area contributed by atoms with E-state index in [1.54, 1.807) is 18.2 Å². The molecular formula is C10H11BrN2O2S. The zero-order valence-corrected chi connectivity index (χ0v) is 10.8. The van der Waals surface area contributed by atoms with Gasteiger partial charge in [0.15, 0.2) is 0 Å². The van der Waals surface area contributed by atoms with Gasteiger partial charge < -0.3 is 11.1 Å². The fourth-order valence-electron chi connectivity index (χ4n) is 1.08.